The number of likely N-dealkylation sites (tertiary alicyclic amines) is 1. The third kappa shape index (κ3) is 5.62. The van der Waals surface area contributed by atoms with Gasteiger partial charge in [0.25, 0.3) is 0 Å². The van der Waals surface area contributed by atoms with E-state index in [9.17, 15) is 9.90 Å². The summed E-state index contributed by atoms with van der Waals surface area (Å²) >= 11 is 0. The van der Waals surface area contributed by atoms with Gasteiger partial charge in [-0.25, -0.2) is 19.7 Å². The van der Waals surface area contributed by atoms with E-state index in [1.54, 1.807) is 23.4 Å². The molecule has 0 saturated carbocycles. The Balaban J connectivity index is 1.61. The number of aromatic nitrogens is 4. The zero-order chi connectivity index (χ0) is 24.3. The van der Waals surface area contributed by atoms with Gasteiger partial charge in [-0.1, -0.05) is 0 Å². The monoisotopic (exact) mass is 472 g/mol. The van der Waals surface area contributed by atoms with Crippen LogP contribution < -0.4 is 16.0 Å². The van der Waals surface area contributed by atoms with Crippen molar-refractivity contribution in [3.8, 4) is 11.3 Å². The first-order valence-corrected chi connectivity index (χ1v) is 11.3. The van der Waals surface area contributed by atoms with E-state index in [1.807, 2.05) is 25.7 Å². The molecule has 2 saturated heterocycles. The normalized spacial score (nSPS) is 20.9. The quantitative estimate of drug-likeness (QED) is 0.574. The van der Waals surface area contributed by atoms with Crippen molar-refractivity contribution >= 4 is 23.8 Å². The average Bonchev–Trinajstić information content (AvgIpc) is 3.23. The summed E-state index contributed by atoms with van der Waals surface area (Å²) in [7, 11) is 0. The third-order valence-corrected chi connectivity index (χ3v) is 5.68. The second kappa shape index (κ2) is 9.55. The van der Waals surface area contributed by atoms with Gasteiger partial charge in [0.05, 0.1) is 31.1 Å². The number of ether oxygens (including phenoxy) is 2. The van der Waals surface area contributed by atoms with Crippen LogP contribution in [0.2, 0.25) is 0 Å². The number of morpholine rings is 1. The van der Waals surface area contributed by atoms with Crippen molar-refractivity contribution < 1.29 is 19.4 Å². The van der Waals surface area contributed by atoms with Crippen LogP contribution in [0.1, 0.15) is 27.2 Å². The van der Waals surface area contributed by atoms with Crippen LogP contribution >= 0.6 is 0 Å². The minimum Gasteiger partial charge on any atom is -0.444 e. The number of amides is 1. The smallest absolute Gasteiger partial charge is 0.410 e. The second-order valence-electron chi connectivity index (χ2n) is 9.58. The minimum atomic E-state index is -0.761. The number of anilines is 3. The van der Waals surface area contributed by atoms with Crippen molar-refractivity contribution in [2.24, 2.45) is 0 Å². The molecule has 1 atom stereocenters. The Labute approximate surface area is 198 Å². The summed E-state index contributed by atoms with van der Waals surface area (Å²) in [6.07, 6.45) is 3.36. The lowest BCUT2D eigenvalue weighted by Gasteiger charge is -2.31. The molecular formula is C22H32N8O4. The molecule has 12 heteroatoms. The third-order valence-electron chi connectivity index (χ3n) is 5.68. The lowest BCUT2D eigenvalue weighted by Crippen LogP contribution is -2.46. The van der Waals surface area contributed by atoms with Crippen LogP contribution in [-0.2, 0) is 9.47 Å². The highest BCUT2D eigenvalue weighted by molar-refractivity contribution is 5.69. The number of hydrogen-bond donors (Lipinski definition) is 3. The summed E-state index contributed by atoms with van der Waals surface area (Å²) in [5.74, 6) is 1.25. The van der Waals surface area contributed by atoms with E-state index < -0.39 is 17.2 Å². The molecule has 1 unspecified atom stereocenters. The zero-order valence-corrected chi connectivity index (χ0v) is 19.8. The Morgan fingerprint density at radius 3 is 2.59 bits per heavy atom. The van der Waals surface area contributed by atoms with E-state index in [4.69, 9.17) is 25.2 Å². The number of nitrogens with two attached hydrogens (primary N) is 1. The Hall–Kier alpha value is -3.25. The highest BCUT2D eigenvalue weighted by Crippen LogP contribution is 2.29. The highest BCUT2D eigenvalue weighted by atomic mass is 16.6. The Morgan fingerprint density at radius 1 is 1.24 bits per heavy atom. The fraction of sp³-hybridized carbons (Fsp3) is 0.591. The van der Waals surface area contributed by atoms with Gasteiger partial charge in [0, 0.05) is 50.2 Å². The molecule has 1 amide bonds. The number of aliphatic hydroxyl groups excluding tert-OH is 1. The number of rotatable bonds is 5. The van der Waals surface area contributed by atoms with Gasteiger partial charge in [-0.15, -0.1) is 0 Å². The molecule has 184 valence electrons. The van der Waals surface area contributed by atoms with Gasteiger partial charge in [0.2, 0.25) is 11.9 Å². The molecule has 0 aromatic carbocycles. The van der Waals surface area contributed by atoms with E-state index in [1.165, 1.54) is 0 Å². The number of hydrogen-bond acceptors (Lipinski definition) is 11. The fourth-order valence-electron chi connectivity index (χ4n) is 3.92. The largest absolute Gasteiger partial charge is 0.444 e. The van der Waals surface area contributed by atoms with Crippen molar-refractivity contribution in [3.05, 3.63) is 18.5 Å². The van der Waals surface area contributed by atoms with Crippen LogP contribution in [0.15, 0.2) is 18.5 Å². The van der Waals surface area contributed by atoms with Gasteiger partial charge >= 0.3 is 6.09 Å². The number of carbonyl (C=O) groups is 1. The maximum absolute atomic E-state index is 12.6. The molecule has 2 fully saturated rings. The average molecular weight is 473 g/mol. The van der Waals surface area contributed by atoms with Crippen LogP contribution in [0.3, 0.4) is 0 Å². The molecule has 0 radical (unpaired) electrons. The van der Waals surface area contributed by atoms with Gasteiger partial charge in [-0.2, -0.15) is 4.98 Å². The van der Waals surface area contributed by atoms with E-state index in [0.29, 0.717) is 62.3 Å². The van der Waals surface area contributed by atoms with Crippen molar-refractivity contribution in [3.63, 3.8) is 0 Å². The number of nitrogen functional groups attached to an aromatic ring is 1. The van der Waals surface area contributed by atoms with E-state index in [-0.39, 0.29) is 19.1 Å². The predicted octanol–water partition coefficient (Wildman–Crippen LogP) is 1.14. The van der Waals surface area contributed by atoms with Gasteiger partial charge in [-0.05, 0) is 27.2 Å². The molecule has 12 nitrogen and oxygen atoms in total. The maximum atomic E-state index is 12.6. The summed E-state index contributed by atoms with van der Waals surface area (Å²) < 4.78 is 11.0. The maximum Gasteiger partial charge on any atom is 0.410 e. The van der Waals surface area contributed by atoms with Crippen LogP contribution in [0.4, 0.5) is 22.5 Å². The molecule has 2 aromatic heterocycles. The molecule has 4 heterocycles. The molecule has 2 aliphatic rings. The van der Waals surface area contributed by atoms with Crippen LogP contribution in [0, 0.1) is 0 Å². The zero-order valence-electron chi connectivity index (χ0n) is 19.8. The van der Waals surface area contributed by atoms with E-state index in [2.05, 4.69) is 15.3 Å². The van der Waals surface area contributed by atoms with Crippen molar-refractivity contribution in [2.75, 3.05) is 62.0 Å². The van der Waals surface area contributed by atoms with Crippen molar-refractivity contribution in [1.29, 1.82) is 0 Å². The topological polar surface area (TPSA) is 152 Å². The fourth-order valence-corrected chi connectivity index (χ4v) is 3.92. The molecule has 4 N–H and O–H groups in total. The predicted molar refractivity (Wildman–Crippen MR) is 126 cm³/mol. The Morgan fingerprint density at radius 2 is 1.94 bits per heavy atom. The highest BCUT2D eigenvalue weighted by Gasteiger charge is 2.41. The van der Waals surface area contributed by atoms with Gasteiger partial charge in [0.1, 0.15) is 11.4 Å². The number of aliphatic hydroxyl groups is 1. The van der Waals surface area contributed by atoms with Gasteiger partial charge < -0.3 is 35.4 Å². The number of nitrogens with zero attached hydrogens (tertiary/aromatic N) is 6. The number of nitrogens with one attached hydrogen (secondary N) is 1. The van der Waals surface area contributed by atoms with Crippen LogP contribution in [0.5, 0.6) is 0 Å². The summed E-state index contributed by atoms with van der Waals surface area (Å²) in [5, 5.41) is 13.7. The Kier molecular flexibility index (Phi) is 6.71. The molecule has 0 bridgehead atoms. The molecule has 34 heavy (non-hydrogen) atoms. The summed E-state index contributed by atoms with van der Waals surface area (Å²) in [5.41, 5.74) is 5.60. The second-order valence-corrected chi connectivity index (χ2v) is 9.58. The first kappa shape index (κ1) is 23.9. The van der Waals surface area contributed by atoms with Crippen molar-refractivity contribution in [2.45, 2.75) is 38.3 Å². The number of carbonyl (C=O) groups excluding carboxylic acids is 1. The summed E-state index contributed by atoms with van der Waals surface area (Å²) in [6.45, 7) is 8.57. The molecule has 4 rings (SSSR count). The SMILES string of the molecule is CC(C)(C)OC(=O)N1CCC(CO)(Nc2cc(-c3cnc(N)nc3)nc(N3CCOCC3)n2)C1. The van der Waals surface area contributed by atoms with Crippen LogP contribution in [0.25, 0.3) is 11.3 Å². The van der Waals surface area contributed by atoms with Crippen molar-refractivity contribution in [1.82, 2.24) is 24.8 Å². The first-order chi connectivity index (χ1) is 16.2. The summed E-state index contributed by atoms with van der Waals surface area (Å²) in [4.78, 5) is 33.8. The standard InChI is InChI=1S/C22H32N8O4/c1-21(2,3)34-20(32)30-5-4-22(13-30,14-31)28-17-10-16(15-11-24-18(23)25-12-15)26-19(27-17)29-6-8-33-9-7-29/h10-12,31H,4-9,13-14H2,1-3H3,(H2,23,24,25)(H,26,27,28). The summed E-state index contributed by atoms with van der Waals surface area (Å²) in [6, 6.07) is 1.78. The molecular weight excluding hydrogens is 440 g/mol. The lowest BCUT2D eigenvalue weighted by atomic mass is 10.00. The van der Waals surface area contributed by atoms with E-state index in [0.717, 1.165) is 0 Å². The molecule has 0 spiro atoms. The van der Waals surface area contributed by atoms with Crippen LogP contribution in [-0.4, -0.2) is 93.2 Å². The Bertz CT molecular complexity index is 1010. The minimum absolute atomic E-state index is 0.177. The molecule has 0 aliphatic carbocycles. The van der Waals surface area contributed by atoms with Gasteiger partial charge in [-0.3, -0.25) is 0 Å². The molecule has 2 aromatic rings. The molecule has 2 aliphatic heterocycles. The lowest BCUT2D eigenvalue weighted by molar-refractivity contribution is 0.0281. The van der Waals surface area contributed by atoms with E-state index >= 15 is 0 Å². The first-order valence-electron chi connectivity index (χ1n) is 11.3. The van der Waals surface area contributed by atoms with Gasteiger partial charge in [0.15, 0.2) is 0 Å².